The van der Waals surface area contributed by atoms with Crippen molar-refractivity contribution in [3.05, 3.63) is 0 Å². The predicted molar refractivity (Wildman–Crippen MR) is 55.0 cm³/mol. The van der Waals surface area contributed by atoms with Gasteiger partial charge in [-0.25, -0.2) is 0 Å². The molecule has 0 bridgehead atoms. The zero-order valence-electron chi connectivity index (χ0n) is 9.36. The van der Waals surface area contributed by atoms with Gasteiger partial charge in [0.05, 0.1) is 24.4 Å². The lowest BCUT2D eigenvalue weighted by Gasteiger charge is -2.38. The maximum absolute atomic E-state index is 5.36. The molecular formula is C9H19BO4. The minimum absolute atomic E-state index is 0.108. The summed E-state index contributed by atoms with van der Waals surface area (Å²) >= 11 is 0. The van der Waals surface area contributed by atoms with Gasteiger partial charge >= 0.3 is 0 Å². The van der Waals surface area contributed by atoms with Crippen molar-refractivity contribution in [2.24, 2.45) is 0 Å². The summed E-state index contributed by atoms with van der Waals surface area (Å²) in [6.07, 6.45) is 2.08. The topological polar surface area (TPSA) is 36.9 Å². The van der Waals surface area contributed by atoms with E-state index in [0.717, 1.165) is 12.8 Å². The number of ether oxygens (including phenoxy) is 3. The van der Waals surface area contributed by atoms with Crippen LogP contribution in [0.3, 0.4) is 0 Å². The van der Waals surface area contributed by atoms with E-state index in [1.807, 2.05) is 0 Å². The van der Waals surface area contributed by atoms with E-state index < -0.39 is 0 Å². The molecule has 14 heavy (non-hydrogen) atoms. The smallest absolute Gasteiger partial charge is 0.257 e. The lowest BCUT2D eigenvalue weighted by molar-refractivity contribution is -0.131. The van der Waals surface area contributed by atoms with E-state index in [9.17, 15) is 0 Å². The zero-order valence-corrected chi connectivity index (χ0v) is 9.36. The Balaban J connectivity index is 2.59. The van der Waals surface area contributed by atoms with Gasteiger partial charge < -0.3 is 18.9 Å². The molecule has 82 valence electrons. The van der Waals surface area contributed by atoms with Crippen LogP contribution in [0, 0.1) is 0 Å². The standard InChI is InChI=1S/C9H19BO4/c1-11-6-4-8(13-3)9(14-10)5-7(6)12-2/h6-9H,4-5,10H2,1-3H3/t6?,7?,8-,9?/m1/s1. The summed E-state index contributed by atoms with van der Waals surface area (Å²) in [5, 5.41) is 0. The summed E-state index contributed by atoms with van der Waals surface area (Å²) < 4.78 is 21.4. The maximum Gasteiger partial charge on any atom is 0.257 e. The SMILES string of the molecule is BOC1CC(OC)C(OC)C[C@H]1OC. The molecule has 4 atom stereocenters. The van der Waals surface area contributed by atoms with Gasteiger partial charge in [0.25, 0.3) is 8.05 Å². The molecule has 0 spiro atoms. The molecule has 1 fully saturated rings. The van der Waals surface area contributed by atoms with Gasteiger partial charge in [-0.1, -0.05) is 0 Å². The molecule has 0 aliphatic heterocycles. The van der Waals surface area contributed by atoms with Crippen LogP contribution in [0.25, 0.3) is 0 Å². The molecule has 1 aliphatic rings. The Morgan fingerprint density at radius 3 is 1.50 bits per heavy atom. The van der Waals surface area contributed by atoms with E-state index in [-0.39, 0.29) is 24.4 Å². The third-order valence-corrected chi connectivity index (χ3v) is 2.97. The fraction of sp³-hybridized carbons (Fsp3) is 1.00. The predicted octanol–water partition coefficient (Wildman–Crippen LogP) is -0.242. The highest BCUT2D eigenvalue weighted by atomic mass is 16.5. The van der Waals surface area contributed by atoms with Gasteiger partial charge in [0.1, 0.15) is 0 Å². The highest BCUT2D eigenvalue weighted by molar-refractivity contribution is 5.98. The van der Waals surface area contributed by atoms with Gasteiger partial charge in [-0.2, -0.15) is 0 Å². The number of hydrogen-bond acceptors (Lipinski definition) is 4. The van der Waals surface area contributed by atoms with Crippen LogP contribution in [0.4, 0.5) is 0 Å². The normalized spacial score (nSPS) is 38.5. The first kappa shape index (κ1) is 12.0. The van der Waals surface area contributed by atoms with Crippen LogP contribution in [-0.2, 0) is 18.9 Å². The average molecular weight is 202 g/mol. The molecule has 0 saturated heterocycles. The van der Waals surface area contributed by atoms with Crippen LogP contribution in [0.1, 0.15) is 12.8 Å². The quantitative estimate of drug-likeness (QED) is 0.589. The van der Waals surface area contributed by atoms with Crippen molar-refractivity contribution in [2.45, 2.75) is 37.3 Å². The van der Waals surface area contributed by atoms with Crippen molar-refractivity contribution >= 4 is 8.05 Å². The maximum atomic E-state index is 5.36. The second-order valence-electron chi connectivity index (χ2n) is 3.57. The molecule has 5 heteroatoms. The Morgan fingerprint density at radius 1 is 0.786 bits per heavy atom. The molecular weight excluding hydrogens is 183 g/mol. The van der Waals surface area contributed by atoms with Gasteiger partial charge in [0.15, 0.2) is 0 Å². The second kappa shape index (κ2) is 5.71. The first-order chi connectivity index (χ1) is 6.76. The summed E-state index contributed by atoms with van der Waals surface area (Å²) in [6.45, 7) is 0. The fourth-order valence-electron chi connectivity index (χ4n) is 2.06. The van der Waals surface area contributed by atoms with Gasteiger partial charge in [0, 0.05) is 34.2 Å². The minimum Gasteiger partial charge on any atom is -0.439 e. The lowest BCUT2D eigenvalue weighted by atomic mass is 9.89. The molecule has 1 saturated carbocycles. The van der Waals surface area contributed by atoms with E-state index >= 15 is 0 Å². The third-order valence-electron chi connectivity index (χ3n) is 2.97. The molecule has 0 radical (unpaired) electrons. The summed E-state index contributed by atoms with van der Waals surface area (Å²) in [5.41, 5.74) is 0. The van der Waals surface area contributed by atoms with Crippen LogP contribution in [-0.4, -0.2) is 53.8 Å². The van der Waals surface area contributed by atoms with Crippen LogP contribution in [0.2, 0.25) is 0 Å². The molecule has 0 N–H and O–H groups in total. The Bertz CT molecular complexity index is 133. The van der Waals surface area contributed by atoms with Crippen LogP contribution < -0.4 is 0 Å². The summed E-state index contributed by atoms with van der Waals surface area (Å²) in [7, 11) is 6.82. The molecule has 1 aliphatic carbocycles. The van der Waals surface area contributed by atoms with Crippen LogP contribution in [0.15, 0.2) is 0 Å². The fourth-order valence-corrected chi connectivity index (χ4v) is 2.06. The van der Waals surface area contributed by atoms with Crippen molar-refractivity contribution in [1.29, 1.82) is 0 Å². The summed E-state index contributed by atoms with van der Waals surface area (Å²) in [6, 6.07) is 0. The number of rotatable bonds is 4. The molecule has 0 amide bonds. The van der Waals surface area contributed by atoms with E-state index in [2.05, 4.69) is 0 Å². The van der Waals surface area contributed by atoms with Crippen molar-refractivity contribution in [3.8, 4) is 0 Å². The molecule has 0 aromatic rings. The number of hydrogen-bond donors (Lipinski definition) is 0. The Hall–Kier alpha value is -0.0951. The van der Waals surface area contributed by atoms with Crippen molar-refractivity contribution < 1.29 is 18.9 Å². The molecule has 3 unspecified atom stereocenters. The molecule has 0 aromatic carbocycles. The van der Waals surface area contributed by atoms with Gasteiger partial charge in [-0.05, 0) is 0 Å². The molecule has 1 rings (SSSR count). The van der Waals surface area contributed by atoms with E-state index in [1.165, 1.54) is 0 Å². The first-order valence-corrected chi connectivity index (χ1v) is 4.88. The average Bonchev–Trinajstić information content (AvgIpc) is 2.26. The molecule has 0 heterocycles. The largest absolute Gasteiger partial charge is 0.439 e. The highest BCUT2D eigenvalue weighted by Crippen LogP contribution is 2.27. The molecule has 4 nitrogen and oxygen atoms in total. The van der Waals surface area contributed by atoms with E-state index in [4.69, 9.17) is 18.9 Å². The number of methoxy groups -OCH3 is 3. The Labute approximate surface area is 86.3 Å². The van der Waals surface area contributed by atoms with Crippen LogP contribution in [0.5, 0.6) is 0 Å². The Morgan fingerprint density at radius 2 is 1.14 bits per heavy atom. The van der Waals surface area contributed by atoms with Crippen molar-refractivity contribution in [3.63, 3.8) is 0 Å². The van der Waals surface area contributed by atoms with E-state index in [0.29, 0.717) is 0 Å². The first-order valence-electron chi connectivity index (χ1n) is 4.88. The summed E-state index contributed by atoms with van der Waals surface area (Å²) in [5.74, 6) is 0. The minimum atomic E-state index is 0.108. The van der Waals surface area contributed by atoms with Crippen molar-refractivity contribution in [2.75, 3.05) is 21.3 Å². The molecule has 0 aromatic heterocycles. The summed E-state index contributed by atoms with van der Waals surface area (Å²) in [4.78, 5) is 0. The van der Waals surface area contributed by atoms with Gasteiger partial charge in [0.2, 0.25) is 0 Å². The third kappa shape index (κ3) is 2.48. The second-order valence-corrected chi connectivity index (χ2v) is 3.57. The highest BCUT2D eigenvalue weighted by Gasteiger charge is 2.37. The Kier molecular flexibility index (Phi) is 4.88. The van der Waals surface area contributed by atoms with Crippen molar-refractivity contribution in [1.82, 2.24) is 0 Å². The van der Waals surface area contributed by atoms with Gasteiger partial charge in [-0.3, -0.25) is 0 Å². The van der Waals surface area contributed by atoms with Crippen LogP contribution >= 0.6 is 0 Å². The monoisotopic (exact) mass is 202 g/mol. The van der Waals surface area contributed by atoms with E-state index in [1.54, 1.807) is 29.4 Å². The lowest BCUT2D eigenvalue weighted by Crippen LogP contribution is -2.48. The zero-order chi connectivity index (χ0) is 10.6. The van der Waals surface area contributed by atoms with Gasteiger partial charge in [-0.15, -0.1) is 0 Å².